The normalized spacial score (nSPS) is 9.94. The van der Waals surface area contributed by atoms with Crippen LogP contribution in [0.2, 0.25) is 0 Å². The number of anilines is 2. The van der Waals surface area contributed by atoms with E-state index in [0.29, 0.717) is 21.2 Å². The van der Waals surface area contributed by atoms with Crippen molar-refractivity contribution in [2.75, 3.05) is 10.6 Å². The van der Waals surface area contributed by atoms with Crippen LogP contribution in [0, 0.1) is 0 Å². The van der Waals surface area contributed by atoms with Gasteiger partial charge in [-0.05, 0) is 49.6 Å². The molecule has 0 spiro atoms. The van der Waals surface area contributed by atoms with Crippen LogP contribution in [0.4, 0.5) is 21.0 Å². The number of hydrogen-bond acceptors (Lipinski definition) is 6. The molecule has 33 heavy (non-hydrogen) atoms. The number of hydrogen-bond donors (Lipinski definition) is 4. The summed E-state index contributed by atoms with van der Waals surface area (Å²) in [4.78, 5) is 30.1. The van der Waals surface area contributed by atoms with Crippen LogP contribution in [-0.2, 0) is 23.3 Å². The molecule has 0 unspecified atom stereocenters. The highest BCUT2D eigenvalue weighted by Gasteiger charge is 2.09. The van der Waals surface area contributed by atoms with E-state index in [1.165, 1.54) is 12.3 Å². The molecule has 1 aromatic carbocycles. The van der Waals surface area contributed by atoms with Crippen molar-refractivity contribution >= 4 is 71.4 Å². The summed E-state index contributed by atoms with van der Waals surface area (Å²) in [6.07, 6.45) is 1.47. The first kappa shape index (κ1) is 26.7. The summed E-state index contributed by atoms with van der Waals surface area (Å²) in [5.41, 5.74) is 2.88. The lowest BCUT2D eigenvalue weighted by Gasteiger charge is -2.10. The van der Waals surface area contributed by atoms with Crippen molar-refractivity contribution < 1.29 is 24.5 Å². The van der Waals surface area contributed by atoms with E-state index >= 15 is 0 Å². The van der Waals surface area contributed by atoms with E-state index in [1.807, 2.05) is 30.3 Å². The quantitative estimate of drug-likeness (QED) is 0.245. The number of halogens is 3. The predicted molar refractivity (Wildman–Crippen MR) is 134 cm³/mol. The Morgan fingerprint density at radius 1 is 0.939 bits per heavy atom. The molecule has 4 N–H and O–H groups in total. The van der Waals surface area contributed by atoms with Gasteiger partial charge in [0.2, 0.25) is 0 Å². The molecule has 3 aromatic rings. The molecule has 0 aliphatic carbocycles. The summed E-state index contributed by atoms with van der Waals surface area (Å²) in [6.45, 7) is -0.0688. The number of aliphatic hydroxyl groups is 1. The van der Waals surface area contributed by atoms with Gasteiger partial charge < -0.3 is 14.9 Å². The van der Waals surface area contributed by atoms with Crippen molar-refractivity contribution in [3.05, 3.63) is 80.8 Å². The van der Waals surface area contributed by atoms with Gasteiger partial charge in [-0.1, -0.05) is 46.3 Å². The van der Waals surface area contributed by atoms with Gasteiger partial charge in [-0.15, -0.1) is 0 Å². The van der Waals surface area contributed by atoms with Gasteiger partial charge in [0.25, 0.3) is 0 Å². The highest BCUT2D eigenvalue weighted by molar-refractivity contribution is 9.10. The van der Waals surface area contributed by atoms with Crippen molar-refractivity contribution in [1.82, 2.24) is 9.97 Å². The van der Waals surface area contributed by atoms with Crippen LogP contribution < -0.4 is 10.6 Å². The van der Waals surface area contributed by atoms with Crippen LogP contribution in [0.25, 0.3) is 0 Å². The van der Waals surface area contributed by atoms with Crippen LogP contribution in [0.15, 0.2) is 63.8 Å². The average Bonchev–Trinajstić information content (AvgIpc) is 2.79. The summed E-state index contributed by atoms with van der Waals surface area (Å²) >= 11 is 9.79. The van der Waals surface area contributed by atoms with Crippen molar-refractivity contribution in [3.63, 3.8) is 0 Å². The molecule has 2 aromatic heterocycles. The molecule has 0 aliphatic heterocycles. The number of amides is 2. The van der Waals surface area contributed by atoms with Crippen LogP contribution in [0.5, 0.6) is 0 Å². The Morgan fingerprint density at radius 3 is 2.06 bits per heavy atom. The number of ether oxygens (including phenoxy) is 1. The van der Waals surface area contributed by atoms with Gasteiger partial charge in [0.1, 0.15) is 6.61 Å². The third-order valence-electron chi connectivity index (χ3n) is 3.84. The highest BCUT2D eigenvalue weighted by atomic mass is 79.9. The molecule has 0 fully saturated rings. The van der Waals surface area contributed by atoms with Gasteiger partial charge >= 0.3 is 12.2 Å². The number of benzene rings is 1. The van der Waals surface area contributed by atoms with Gasteiger partial charge in [-0.25, -0.2) is 9.59 Å². The van der Waals surface area contributed by atoms with Gasteiger partial charge in [0.15, 0.2) is 0 Å². The lowest BCUT2D eigenvalue weighted by Crippen LogP contribution is -2.15. The van der Waals surface area contributed by atoms with Gasteiger partial charge in [0, 0.05) is 26.7 Å². The number of carboxylic acid groups (broad SMARTS) is 1. The Labute approximate surface area is 215 Å². The minimum Gasteiger partial charge on any atom is -0.465 e. The molecule has 2 heterocycles. The van der Waals surface area contributed by atoms with E-state index < -0.39 is 12.2 Å². The zero-order valence-electron chi connectivity index (χ0n) is 17.0. The number of nitrogens with one attached hydrogen (secondary N) is 2. The number of carbonyl (C=O) groups excluding carboxylic acids is 1. The molecular weight excluding hydrogens is 628 g/mol. The first-order chi connectivity index (χ1) is 15.8. The molecule has 0 saturated carbocycles. The second-order valence-electron chi connectivity index (χ2n) is 6.20. The second-order valence-corrected chi connectivity index (χ2v) is 8.60. The molecular formula is C21H19Br3N4O5. The lowest BCUT2D eigenvalue weighted by molar-refractivity contribution is 0.155. The summed E-state index contributed by atoms with van der Waals surface area (Å²) in [6, 6.07) is 12.8. The molecule has 174 valence electrons. The van der Waals surface area contributed by atoms with Gasteiger partial charge in [0.05, 0.1) is 29.4 Å². The fourth-order valence-electron chi connectivity index (χ4n) is 2.37. The maximum Gasteiger partial charge on any atom is 0.412 e. The van der Waals surface area contributed by atoms with E-state index in [-0.39, 0.29) is 18.9 Å². The maximum atomic E-state index is 11.8. The fraction of sp³-hybridized carbons (Fsp3) is 0.143. The number of aliphatic hydroxyl groups excluding tert-OH is 1. The Balaban J connectivity index is 0.000000257. The van der Waals surface area contributed by atoms with Crippen LogP contribution in [0.3, 0.4) is 0 Å². The summed E-state index contributed by atoms with van der Waals surface area (Å²) in [5.74, 6) is 0. The number of nitrogens with zero attached hydrogens (tertiary/aromatic N) is 2. The first-order valence-corrected chi connectivity index (χ1v) is 12.0. The maximum absolute atomic E-state index is 11.8. The Kier molecular flexibility index (Phi) is 11.2. The molecule has 2 amide bonds. The fourth-order valence-corrected chi connectivity index (χ4v) is 3.48. The largest absolute Gasteiger partial charge is 0.465 e. The van der Waals surface area contributed by atoms with E-state index in [1.54, 1.807) is 12.3 Å². The summed E-state index contributed by atoms with van der Waals surface area (Å²) < 4.78 is 6.60. The molecule has 0 bridgehead atoms. The standard InChI is InChI=1S/C14H12Br2N2O2.C7H7BrN2O3/c15-7-13-12(6-11(16)8-17-13)18-14(19)20-9-10-4-2-1-3-5-10;8-4-1-5(10-7(12)13)6(3-11)9-2-4/h1-6,8H,7,9H2,(H,18,19);1-2,10-11H,3H2,(H,12,13). The third-order valence-corrected chi connectivity index (χ3v) is 5.24. The van der Waals surface area contributed by atoms with E-state index in [4.69, 9.17) is 14.9 Å². The second kappa shape index (κ2) is 13.9. The Morgan fingerprint density at radius 2 is 1.52 bits per heavy atom. The highest BCUT2D eigenvalue weighted by Crippen LogP contribution is 2.21. The molecule has 9 nitrogen and oxygen atoms in total. The number of aromatic nitrogens is 2. The topological polar surface area (TPSA) is 134 Å². The zero-order valence-corrected chi connectivity index (χ0v) is 21.7. The molecule has 0 radical (unpaired) electrons. The Bertz CT molecular complexity index is 1090. The van der Waals surface area contributed by atoms with Crippen molar-refractivity contribution in [1.29, 1.82) is 0 Å². The number of alkyl halides is 1. The van der Waals surface area contributed by atoms with E-state index in [2.05, 4.69) is 68.4 Å². The van der Waals surface area contributed by atoms with Crippen LogP contribution in [0.1, 0.15) is 17.0 Å². The molecule has 12 heteroatoms. The summed E-state index contributed by atoms with van der Waals surface area (Å²) in [7, 11) is 0. The van der Waals surface area contributed by atoms with Crippen molar-refractivity contribution in [2.24, 2.45) is 0 Å². The molecule has 3 rings (SSSR count). The van der Waals surface area contributed by atoms with Gasteiger partial charge in [-0.3, -0.25) is 20.6 Å². The first-order valence-electron chi connectivity index (χ1n) is 9.25. The number of pyridine rings is 2. The predicted octanol–water partition coefficient (Wildman–Crippen LogP) is 5.91. The van der Waals surface area contributed by atoms with Crippen LogP contribution >= 0.6 is 47.8 Å². The SMILES string of the molecule is O=C(Nc1cc(Br)cnc1CBr)OCc1ccccc1.O=C(O)Nc1cc(Br)cnc1CO. The Hall–Kier alpha value is -2.54. The zero-order chi connectivity index (χ0) is 24.2. The van der Waals surface area contributed by atoms with Crippen molar-refractivity contribution in [2.45, 2.75) is 18.5 Å². The summed E-state index contributed by atoms with van der Waals surface area (Å²) in [5, 5.41) is 22.6. The lowest BCUT2D eigenvalue weighted by atomic mass is 10.2. The van der Waals surface area contributed by atoms with E-state index in [9.17, 15) is 9.59 Å². The minimum absolute atomic E-state index is 0.234. The van der Waals surface area contributed by atoms with Crippen molar-refractivity contribution in [3.8, 4) is 0 Å². The molecule has 0 aliphatic rings. The number of rotatable bonds is 6. The monoisotopic (exact) mass is 644 g/mol. The smallest absolute Gasteiger partial charge is 0.412 e. The molecule has 0 atom stereocenters. The molecule has 0 saturated heterocycles. The number of carbonyl (C=O) groups is 2. The minimum atomic E-state index is -1.19. The van der Waals surface area contributed by atoms with Gasteiger partial charge in [-0.2, -0.15) is 0 Å². The third kappa shape index (κ3) is 9.46. The van der Waals surface area contributed by atoms with Crippen LogP contribution in [-0.4, -0.2) is 32.4 Å². The van der Waals surface area contributed by atoms with E-state index in [0.717, 1.165) is 15.7 Å². The average molecular weight is 647 g/mol.